The number of hydrogen-bond acceptors (Lipinski definition) is 8. The van der Waals surface area contributed by atoms with Gasteiger partial charge in [-0.25, -0.2) is 4.98 Å². The Hall–Kier alpha value is -5.57. The number of aromatic nitrogens is 2. The first-order valence-corrected chi connectivity index (χ1v) is 13.6. The zero-order valence-electron chi connectivity index (χ0n) is 24.2. The fourth-order valence-corrected chi connectivity index (χ4v) is 4.91. The van der Waals surface area contributed by atoms with E-state index in [9.17, 15) is 4.79 Å². The van der Waals surface area contributed by atoms with Gasteiger partial charge in [-0.2, -0.15) is 9.78 Å². The first-order chi connectivity index (χ1) is 21.0. The zero-order chi connectivity index (χ0) is 29.9. The van der Waals surface area contributed by atoms with Crippen LogP contribution in [-0.2, 0) is 6.61 Å². The van der Waals surface area contributed by atoms with E-state index in [-0.39, 0.29) is 11.4 Å². The lowest BCUT2D eigenvalue weighted by Crippen LogP contribution is -2.20. The Morgan fingerprint density at radius 3 is 2.33 bits per heavy atom. The summed E-state index contributed by atoms with van der Waals surface area (Å²) in [5.41, 5.74) is 3.57. The average molecular weight is 576 g/mol. The molecule has 0 saturated heterocycles. The van der Waals surface area contributed by atoms with Gasteiger partial charge in [-0.05, 0) is 55.0 Å². The summed E-state index contributed by atoms with van der Waals surface area (Å²) in [5.74, 6) is 2.65. The van der Waals surface area contributed by atoms with Crippen LogP contribution in [0.15, 0.2) is 99.2 Å². The molecule has 2 heterocycles. The van der Waals surface area contributed by atoms with Crippen LogP contribution in [0.1, 0.15) is 16.7 Å². The van der Waals surface area contributed by atoms with E-state index >= 15 is 0 Å². The maximum atomic E-state index is 13.7. The van der Waals surface area contributed by atoms with E-state index in [1.165, 1.54) is 4.68 Å². The highest BCUT2D eigenvalue weighted by atomic mass is 16.5. The molecule has 0 fully saturated rings. The molecule has 0 spiro atoms. The Labute approximate surface area is 247 Å². The minimum absolute atomic E-state index is 0.246. The van der Waals surface area contributed by atoms with Gasteiger partial charge in [0.15, 0.2) is 17.3 Å². The molecule has 2 aromatic heterocycles. The van der Waals surface area contributed by atoms with Crippen LogP contribution < -0.4 is 24.5 Å². The summed E-state index contributed by atoms with van der Waals surface area (Å²) in [6.45, 7) is 2.37. The van der Waals surface area contributed by atoms with Gasteiger partial charge in [-0.15, -0.1) is 0 Å². The lowest BCUT2D eigenvalue weighted by Gasteiger charge is -2.15. The highest BCUT2D eigenvalue weighted by Crippen LogP contribution is 2.39. The zero-order valence-corrected chi connectivity index (χ0v) is 24.2. The minimum atomic E-state index is -0.346. The molecule has 0 saturated carbocycles. The first kappa shape index (κ1) is 27.6. The van der Waals surface area contributed by atoms with Crippen LogP contribution >= 0.6 is 0 Å². The summed E-state index contributed by atoms with van der Waals surface area (Å²) in [4.78, 5) is 18.5. The Morgan fingerprint density at radius 2 is 1.58 bits per heavy atom. The van der Waals surface area contributed by atoms with Gasteiger partial charge in [0.2, 0.25) is 11.6 Å². The van der Waals surface area contributed by atoms with E-state index in [1.807, 2.05) is 49.4 Å². The highest BCUT2D eigenvalue weighted by Gasteiger charge is 2.19. The summed E-state index contributed by atoms with van der Waals surface area (Å²) in [6, 6.07) is 26.0. The van der Waals surface area contributed by atoms with Crippen LogP contribution in [0.3, 0.4) is 0 Å². The van der Waals surface area contributed by atoms with Crippen LogP contribution in [0.2, 0.25) is 0 Å². The highest BCUT2D eigenvalue weighted by molar-refractivity contribution is 5.89. The third-order valence-electron chi connectivity index (χ3n) is 6.99. The number of furan rings is 1. The van der Waals surface area contributed by atoms with E-state index in [0.717, 1.165) is 16.5 Å². The van der Waals surface area contributed by atoms with Crippen LogP contribution in [-0.4, -0.2) is 37.2 Å². The molecular formula is C34H29N3O6. The summed E-state index contributed by atoms with van der Waals surface area (Å²) in [6.07, 6.45) is 1.54. The van der Waals surface area contributed by atoms with E-state index in [2.05, 4.69) is 11.2 Å². The van der Waals surface area contributed by atoms with Gasteiger partial charge in [-0.1, -0.05) is 48.0 Å². The molecule has 0 bridgehead atoms. The third-order valence-corrected chi connectivity index (χ3v) is 6.99. The topological polar surface area (TPSA) is 97.3 Å². The first-order valence-electron chi connectivity index (χ1n) is 13.6. The van der Waals surface area contributed by atoms with E-state index in [1.54, 1.807) is 63.9 Å². The van der Waals surface area contributed by atoms with Crippen molar-refractivity contribution in [2.75, 3.05) is 21.3 Å². The van der Waals surface area contributed by atoms with E-state index in [0.29, 0.717) is 57.4 Å². The van der Waals surface area contributed by atoms with Gasteiger partial charge >= 0.3 is 0 Å². The molecular weight excluding hydrogens is 546 g/mol. The second-order valence-corrected chi connectivity index (χ2v) is 9.83. The molecule has 6 aromatic rings. The number of hydrogen-bond donors (Lipinski definition) is 0. The number of fused-ring (bicyclic) bond motifs is 2. The molecule has 216 valence electrons. The number of methoxy groups -OCH3 is 3. The molecule has 0 aliphatic heterocycles. The van der Waals surface area contributed by atoms with Crippen molar-refractivity contribution in [1.29, 1.82) is 0 Å². The second-order valence-electron chi connectivity index (χ2n) is 9.83. The lowest BCUT2D eigenvalue weighted by atomic mass is 10.1. The Balaban J connectivity index is 1.42. The number of benzene rings is 4. The average Bonchev–Trinajstić information content (AvgIpc) is 3.47. The summed E-state index contributed by atoms with van der Waals surface area (Å²) >= 11 is 0. The SMILES string of the molecule is COc1cc(C=Nn2c(-c3cc4c(OC)cccc4o3)nc3ccccc3c2=O)cc(OC)c1OCc1cccc(C)c1. The fourth-order valence-electron chi connectivity index (χ4n) is 4.91. The molecule has 9 heteroatoms. The number of para-hydroxylation sites is 1. The molecule has 0 atom stereocenters. The van der Waals surface area contributed by atoms with Gasteiger partial charge in [0.05, 0.1) is 43.8 Å². The molecule has 0 amide bonds. The molecule has 0 N–H and O–H groups in total. The Bertz CT molecular complexity index is 2020. The van der Waals surface area contributed by atoms with Crippen molar-refractivity contribution < 1.29 is 23.4 Å². The van der Waals surface area contributed by atoms with Crippen molar-refractivity contribution in [2.45, 2.75) is 13.5 Å². The molecule has 9 nitrogen and oxygen atoms in total. The molecule has 0 aliphatic rings. The molecule has 43 heavy (non-hydrogen) atoms. The van der Waals surface area contributed by atoms with Crippen LogP contribution in [0.5, 0.6) is 23.0 Å². The van der Waals surface area contributed by atoms with Crippen molar-refractivity contribution >= 4 is 28.1 Å². The fraction of sp³-hybridized carbons (Fsp3) is 0.147. The van der Waals surface area contributed by atoms with Gasteiger partial charge < -0.3 is 23.4 Å². The predicted molar refractivity (Wildman–Crippen MR) is 166 cm³/mol. The van der Waals surface area contributed by atoms with Crippen LogP contribution in [0.4, 0.5) is 0 Å². The smallest absolute Gasteiger partial charge is 0.282 e. The van der Waals surface area contributed by atoms with Gasteiger partial charge in [0, 0.05) is 5.56 Å². The minimum Gasteiger partial charge on any atom is -0.496 e. The van der Waals surface area contributed by atoms with Crippen molar-refractivity contribution in [2.24, 2.45) is 5.10 Å². The van der Waals surface area contributed by atoms with Gasteiger partial charge in [0.25, 0.3) is 5.56 Å². The molecule has 0 radical (unpaired) electrons. The van der Waals surface area contributed by atoms with Crippen molar-refractivity contribution in [3.05, 3.63) is 112 Å². The number of aryl methyl sites for hydroxylation is 1. The third kappa shape index (κ3) is 5.40. The molecule has 6 rings (SSSR count). The number of rotatable bonds is 9. The molecule has 4 aromatic carbocycles. The Kier molecular flexibility index (Phi) is 7.53. The van der Waals surface area contributed by atoms with Crippen LogP contribution in [0, 0.1) is 6.92 Å². The monoisotopic (exact) mass is 575 g/mol. The van der Waals surface area contributed by atoms with Gasteiger partial charge in [0.1, 0.15) is 17.9 Å². The predicted octanol–water partition coefficient (Wildman–Crippen LogP) is 6.61. The summed E-state index contributed by atoms with van der Waals surface area (Å²) in [5, 5.41) is 5.75. The van der Waals surface area contributed by atoms with Crippen LogP contribution in [0.25, 0.3) is 33.5 Å². The normalized spacial score (nSPS) is 11.3. The Morgan fingerprint density at radius 1 is 0.837 bits per heavy atom. The summed E-state index contributed by atoms with van der Waals surface area (Å²) in [7, 11) is 4.71. The maximum Gasteiger partial charge on any atom is 0.282 e. The van der Waals surface area contributed by atoms with Crippen molar-refractivity contribution in [3.8, 4) is 34.6 Å². The van der Waals surface area contributed by atoms with Crippen molar-refractivity contribution in [3.63, 3.8) is 0 Å². The molecule has 0 unspecified atom stereocenters. The molecule has 0 aliphatic carbocycles. The number of ether oxygens (including phenoxy) is 4. The van der Waals surface area contributed by atoms with Crippen molar-refractivity contribution in [1.82, 2.24) is 9.66 Å². The van der Waals surface area contributed by atoms with Gasteiger partial charge in [-0.3, -0.25) is 4.79 Å². The number of nitrogens with zero attached hydrogens (tertiary/aromatic N) is 3. The quantitative estimate of drug-likeness (QED) is 0.179. The summed E-state index contributed by atoms with van der Waals surface area (Å²) < 4.78 is 30.3. The second kappa shape index (κ2) is 11.7. The maximum absolute atomic E-state index is 13.7. The van der Waals surface area contributed by atoms with E-state index < -0.39 is 0 Å². The standard InChI is InChI=1S/C34H29N3O6/c1-21-9-7-10-22(15-21)20-42-32-29(40-3)16-23(17-30(32)41-4)19-35-37-33(36-26-12-6-5-11-24(26)34(37)38)31-18-25-27(39-2)13-8-14-28(25)43-31/h5-19H,20H2,1-4H3. The van der Waals surface area contributed by atoms with E-state index in [4.69, 9.17) is 28.3 Å². The largest absolute Gasteiger partial charge is 0.496 e. The lowest BCUT2D eigenvalue weighted by molar-refractivity contribution is 0.266.